The zero-order chi connectivity index (χ0) is 37.3. The van der Waals surface area contributed by atoms with E-state index >= 15 is 4.79 Å². The van der Waals surface area contributed by atoms with Gasteiger partial charge in [0.05, 0.1) is 53.8 Å². The molecule has 6 atom stereocenters. The first kappa shape index (κ1) is 35.0. The second kappa shape index (κ2) is 13.1. The topological polar surface area (TPSA) is 125 Å². The molecule has 3 fully saturated rings. The summed E-state index contributed by atoms with van der Waals surface area (Å²) in [6, 6.07) is 23.1. The molecule has 270 valence electrons. The summed E-state index contributed by atoms with van der Waals surface area (Å²) in [5.41, 5.74) is 3.99. The number of hydrogen-bond donors (Lipinski definition) is 2. The molecule has 53 heavy (non-hydrogen) atoms. The molecule has 10 nitrogen and oxygen atoms in total. The maximum Gasteiger partial charge on any atom is 0.260 e. The number of carbonyl (C=O) groups excluding carboxylic acids is 4. The van der Waals surface area contributed by atoms with Gasteiger partial charge in [0.25, 0.3) is 11.8 Å². The van der Waals surface area contributed by atoms with E-state index in [2.05, 4.69) is 5.43 Å². The molecular formula is C40H32Cl3N3O7. The number of phenols is 1. The second-order valence-electron chi connectivity index (χ2n) is 13.6. The van der Waals surface area contributed by atoms with Crippen molar-refractivity contribution in [2.45, 2.75) is 24.2 Å². The number of hydrazine groups is 1. The van der Waals surface area contributed by atoms with E-state index in [1.165, 1.54) is 31.3 Å². The van der Waals surface area contributed by atoms with Gasteiger partial charge in [0.2, 0.25) is 11.8 Å². The maximum absolute atomic E-state index is 15.4. The smallest absolute Gasteiger partial charge is 0.260 e. The minimum Gasteiger partial charge on any atom is -0.504 e. The fourth-order valence-corrected chi connectivity index (χ4v) is 9.51. The zero-order valence-corrected chi connectivity index (χ0v) is 30.7. The van der Waals surface area contributed by atoms with E-state index in [0.717, 1.165) is 10.6 Å². The van der Waals surface area contributed by atoms with Crippen molar-refractivity contribution in [3.05, 3.63) is 123 Å². The van der Waals surface area contributed by atoms with Gasteiger partial charge in [-0.3, -0.25) is 29.5 Å². The molecule has 4 aromatic rings. The highest BCUT2D eigenvalue weighted by Crippen LogP contribution is 2.64. The number of aromatic hydroxyl groups is 1. The molecule has 0 bridgehead atoms. The monoisotopic (exact) mass is 771 g/mol. The minimum atomic E-state index is -1.56. The Kier molecular flexibility index (Phi) is 8.67. The highest BCUT2D eigenvalue weighted by atomic mass is 35.5. The van der Waals surface area contributed by atoms with Crippen molar-refractivity contribution >= 4 is 69.8 Å². The Balaban J connectivity index is 1.34. The van der Waals surface area contributed by atoms with Gasteiger partial charge in [0, 0.05) is 16.0 Å². The van der Waals surface area contributed by atoms with Crippen LogP contribution in [0.25, 0.3) is 0 Å². The number of nitrogens with one attached hydrogen (secondary N) is 1. The second-order valence-corrected chi connectivity index (χ2v) is 14.9. The van der Waals surface area contributed by atoms with Crippen molar-refractivity contribution in [3.63, 3.8) is 0 Å². The first-order valence-electron chi connectivity index (χ1n) is 16.9. The number of imide groups is 2. The van der Waals surface area contributed by atoms with E-state index in [4.69, 9.17) is 44.3 Å². The molecular weight excluding hydrogens is 741 g/mol. The highest BCUT2D eigenvalue weighted by Gasteiger charge is 2.70. The van der Waals surface area contributed by atoms with Crippen LogP contribution in [-0.4, -0.2) is 48.0 Å². The number of amides is 4. The van der Waals surface area contributed by atoms with Crippen LogP contribution in [0.2, 0.25) is 15.1 Å². The van der Waals surface area contributed by atoms with Crippen molar-refractivity contribution in [3.8, 4) is 17.2 Å². The number of anilines is 2. The van der Waals surface area contributed by atoms with Gasteiger partial charge in [-0.05, 0) is 96.6 Å². The molecule has 0 unspecified atom stereocenters. The molecule has 0 aromatic heterocycles. The number of methoxy groups -OCH3 is 2. The Morgan fingerprint density at radius 2 is 1.51 bits per heavy atom. The van der Waals surface area contributed by atoms with Crippen LogP contribution >= 0.6 is 34.8 Å². The normalized spacial score (nSPS) is 26.2. The van der Waals surface area contributed by atoms with E-state index in [1.807, 2.05) is 6.08 Å². The van der Waals surface area contributed by atoms with Gasteiger partial charge in [-0.2, -0.15) is 5.01 Å². The third kappa shape index (κ3) is 5.29. The fourth-order valence-electron chi connectivity index (χ4n) is 8.94. The quantitative estimate of drug-likeness (QED) is 0.146. The van der Waals surface area contributed by atoms with Crippen molar-refractivity contribution in [2.75, 3.05) is 24.5 Å². The Morgan fingerprint density at radius 1 is 0.792 bits per heavy atom. The van der Waals surface area contributed by atoms with Crippen molar-refractivity contribution in [1.29, 1.82) is 0 Å². The summed E-state index contributed by atoms with van der Waals surface area (Å²) in [7, 11) is 2.96. The number of fused-ring (bicyclic) bond motifs is 4. The predicted molar refractivity (Wildman–Crippen MR) is 199 cm³/mol. The van der Waals surface area contributed by atoms with E-state index in [0.29, 0.717) is 32.6 Å². The molecule has 2 saturated heterocycles. The lowest BCUT2D eigenvalue weighted by Crippen LogP contribution is -2.53. The minimum absolute atomic E-state index is 0.0926. The fraction of sp³-hybridized carbons (Fsp3) is 0.250. The number of rotatable bonds is 7. The predicted octanol–water partition coefficient (Wildman–Crippen LogP) is 7.56. The summed E-state index contributed by atoms with van der Waals surface area (Å²) in [5, 5.41) is 12.7. The van der Waals surface area contributed by atoms with Crippen LogP contribution < -0.4 is 19.8 Å². The molecule has 1 saturated carbocycles. The van der Waals surface area contributed by atoms with Crippen molar-refractivity contribution < 1.29 is 33.8 Å². The SMILES string of the molecule is COc1ccc([C@@]23C(=O)N(Nc4ccc(Cl)cc4Cl)C(=O)[C@@H]2C[C@@H]2C(=CC[C@@H]4C(=O)N(c5ccc(Cl)cc5)C(=O)[C@@H]42)[C@@H]3c2ccc(O)c(OC)c2)cc1. The summed E-state index contributed by atoms with van der Waals surface area (Å²) in [6.07, 6.45) is 2.29. The van der Waals surface area contributed by atoms with Crippen LogP contribution in [0, 0.1) is 23.7 Å². The van der Waals surface area contributed by atoms with Crippen LogP contribution in [0.4, 0.5) is 11.4 Å². The molecule has 8 rings (SSSR count). The number of phenolic OH excluding ortho intramolecular Hbond substituents is 1. The van der Waals surface area contributed by atoms with Crippen LogP contribution in [0.15, 0.2) is 96.6 Å². The number of ether oxygens (including phenoxy) is 2. The molecule has 0 radical (unpaired) electrons. The summed E-state index contributed by atoms with van der Waals surface area (Å²) < 4.78 is 11.0. The summed E-state index contributed by atoms with van der Waals surface area (Å²) in [5.74, 6) is -5.10. The molecule has 0 spiro atoms. The van der Waals surface area contributed by atoms with E-state index in [-0.39, 0.29) is 46.9 Å². The van der Waals surface area contributed by atoms with E-state index in [1.54, 1.807) is 72.8 Å². The van der Waals surface area contributed by atoms with Crippen molar-refractivity contribution in [1.82, 2.24) is 5.01 Å². The lowest BCUT2D eigenvalue weighted by molar-refractivity contribution is -0.138. The standard InChI is InChI=1S/C40H32Cl3N3O7/c1-52-25-11-4-21(5-12-25)40-29(37(49)46(39(40)51)44-31-15-8-23(42)18-30(31)43)19-28-26(35(40)20-3-16-32(47)33(17-20)53-2)13-14-27-34(28)38(50)45(36(27)48)24-9-6-22(41)7-10-24/h3-13,15-18,27-29,34-35,44,47H,14,19H2,1-2H3/t27-,28+,29-,34-,35-,40+/m0/s1. The van der Waals surface area contributed by atoms with Crippen LogP contribution in [0.1, 0.15) is 29.9 Å². The number of allylic oxidation sites excluding steroid dienone is 2. The Bertz CT molecular complexity index is 2230. The lowest BCUT2D eigenvalue weighted by atomic mass is 9.49. The Morgan fingerprint density at radius 3 is 2.19 bits per heavy atom. The summed E-state index contributed by atoms with van der Waals surface area (Å²) in [4.78, 5) is 60.0. The summed E-state index contributed by atoms with van der Waals surface area (Å²) >= 11 is 18.8. The third-order valence-corrected chi connectivity index (χ3v) is 12.0. The Hall–Kier alpha value is -5.03. The van der Waals surface area contributed by atoms with E-state index < -0.39 is 46.8 Å². The number of carbonyl (C=O) groups is 4. The Labute approximate surface area is 319 Å². The number of hydrogen-bond acceptors (Lipinski definition) is 8. The van der Waals surface area contributed by atoms with Gasteiger partial charge >= 0.3 is 0 Å². The van der Waals surface area contributed by atoms with Crippen molar-refractivity contribution in [2.24, 2.45) is 23.7 Å². The average molecular weight is 773 g/mol. The molecule has 2 N–H and O–H groups in total. The number of nitrogens with zero attached hydrogens (tertiary/aromatic N) is 2. The van der Waals surface area contributed by atoms with Gasteiger partial charge < -0.3 is 14.6 Å². The first-order valence-corrected chi connectivity index (χ1v) is 18.1. The largest absolute Gasteiger partial charge is 0.504 e. The number of halogens is 3. The maximum atomic E-state index is 15.4. The molecule has 2 aliphatic heterocycles. The van der Waals surface area contributed by atoms with Gasteiger partial charge in [-0.25, -0.2) is 0 Å². The molecule has 4 amide bonds. The summed E-state index contributed by atoms with van der Waals surface area (Å²) in [6.45, 7) is 0. The molecule has 13 heteroatoms. The lowest BCUT2D eigenvalue weighted by Gasteiger charge is -2.50. The third-order valence-electron chi connectivity index (χ3n) is 11.2. The average Bonchev–Trinajstić information content (AvgIpc) is 3.54. The van der Waals surface area contributed by atoms with Crippen LogP contribution in [0.3, 0.4) is 0 Å². The van der Waals surface area contributed by atoms with Gasteiger partial charge in [-0.15, -0.1) is 0 Å². The van der Waals surface area contributed by atoms with E-state index in [9.17, 15) is 19.5 Å². The van der Waals surface area contributed by atoms with Gasteiger partial charge in [0.1, 0.15) is 5.75 Å². The molecule has 2 heterocycles. The molecule has 4 aromatic carbocycles. The zero-order valence-electron chi connectivity index (χ0n) is 28.4. The van der Waals surface area contributed by atoms with Gasteiger partial charge in [-0.1, -0.05) is 64.7 Å². The van der Waals surface area contributed by atoms with Crippen LogP contribution in [-0.2, 0) is 24.6 Å². The first-order chi connectivity index (χ1) is 25.5. The molecule has 4 aliphatic rings. The van der Waals surface area contributed by atoms with Gasteiger partial charge in [0.15, 0.2) is 11.5 Å². The highest BCUT2D eigenvalue weighted by molar-refractivity contribution is 6.36. The van der Waals surface area contributed by atoms with Crippen LogP contribution in [0.5, 0.6) is 17.2 Å². The molecule has 2 aliphatic carbocycles. The number of benzene rings is 4.